The fourth-order valence-electron chi connectivity index (χ4n) is 2.63. The number of nitrogens with zero attached hydrogens (tertiary/aromatic N) is 2. The lowest BCUT2D eigenvalue weighted by Gasteiger charge is -2.08. The van der Waals surface area contributed by atoms with Crippen LogP contribution in [0.1, 0.15) is 43.1 Å². The molecule has 1 saturated heterocycles. The summed E-state index contributed by atoms with van der Waals surface area (Å²) in [7, 11) is 0. The van der Waals surface area contributed by atoms with Crippen molar-refractivity contribution >= 4 is 17.8 Å². The summed E-state index contributed by atoms with van der Waals surface area (Å²) in [5.74, 6) is -0.531. The SMILES string of the molecule is CCCn1nc(C)c(CNC(=O)CC[C@H]2NC(=O)NC2=O)c1C. The Kier molecular flexibility index (Phi) is 5.36. The van der Waals surface area contributed by atoms with E-state index in [0.717, 1.165) is 29.9 Å². The van der Waals surface area contributed by atoms with Gasteiger partial charge in [-0.1, -0.05) is 6.92 Å². The molecule has 0 saturated carbocycles. The fraction of sp³-hybridized carbons (Fsp3) is 0.600. The average molecular weight is 321 g/mol. The normalized spacial score (nSPS) is 17.1. The Bertz CT molecular complexity index is 623. The molecule has 126 valence electrons. The summed E-state index contributed by atoms with van der Waals surface area (Å²) in [5, 5.41) is 11.9. The van der Waals surface area contributed by atoms with E-state index in [0.29, 0.717) is 6.54 Å². The van der Waals surface area contributed by atoms with E-state index in [9.17, 15) is 14.4 Å². The Balaban J connectivity index is 1.83. The first-order chi connectivity index (χ1) is 10.9. The first kappa shape index (κ1) is 17.0. The highest BCUT2D eigenvalue weighted by Crippen LogP contribution is 2.13. The summed E-state index contributed by atoms with van der Waals surface area (Å²) in [6.07, 6.45) is 1.47. The van der Waals surface area contributed by atoms with Crippen molar-refractivity contribution in [2.75, 3.05) is 0 Å². The number of rotatable bonds is 7. The molecule has 0 bridgehead atoms. The van der Waals surface area contributed by atoms with Gasteiger partial charge in [0.05, 0.1) is 5.69 Å². The second kappa shape index (κ2) is 7.26. The van der Waals surface area contributed by atoms with Crippen LogP contribution < -0.4 is 16.0 Å². The molecule has 2 rings (SSSR count). The van der Waals surface area contributed by atoms with Gasteiger partial charge in [0, 0.05) is 30.8 Å². The molecule has 8 nitrogen and oxygen atoms in total. The molecule has 2 heterocycles. The average Bonchev–Trinajstić information content (AvgIpc) is 2.95. The molecular weight excluding hydrogens is 298 g/mol. The van der Waals surface area contributed by atoms with Gasteiger partial charge in [0.15, 0.2) is 0 Å². The number of hydrogen-bond donors (Lipinski definition) is 3. The van der Waals surface area contributed by atoms with Gasteiger partial charge in [0.2, 0.25) is 5.91 Å². The smallest absolute Gasteiger partial charge is 0.322 e. The van der Waals surface area contributed by atoms with Crippen LogP contribution >= 0.6 is 0 Å². The molecule has 1 aliphatic heterocycles. The number of carbonyl (C=O) groups excluding carboxylic acids is 3. The molecule has 1 aromatic heterocycles. The monoisotopic (exact) mass is 321 g/mol. The molecule has 4 amide bonds. The molecule has 0 aromatic carbocycles. The molecule has 1 aromatic rings. The molecule has 0 aliphatic carbocycles. The second-order valence-electron chi connectivity index (χ2n) is 5.70. The minimum Gasteiger partial charge on any atom is -0.352 e. The quantitative estimate of drug-likeness (QED) is 0.636. The van der Waals surface area contributed by atoms with Gasteiger partial charge in [-0.2, -0.15) is 5.10 Å². The second-order valence-corrected chi connectivity index (χ2v) is 5.70. The number of nitrogens with one attached hydrogen (secondary N) is 3. The highest BCUT2D eigenvalue weighted by Gasteiger charge is 2.29. The number of aromatic nitrogens is 2. The van der Waals surface area contributed by atoms with E-state index in [-0.39, 0.29) is 24.7 Å². The van der Waals surface area contributed by atoms with Crippen LogP contribution in [0.15, 0.2) is 0 Å². The molecule has 0 unspecified atom stereocenters. The van der Waals surface area contributed by atoms with E-state index >= 15 is 0 Å². The maximum absolute atomic E-state index is 11.9. The van der Waals surface area contributed by atoms with Crippen LogP contribution in [0.3, 0.4) is 0 Å². The molecule has 1 fully saturated rings. The first-order valence-electron chi connectivity index (χ1n) is 7.83. The summed E-state index contributed by atoms with van der Waals surface area (Å²) >= 11 is 0. The van der Waals surface area contributed by atoms with Gasteiger partial charge in [0.25, 0.3) is 5.91 Å². The summed E-state index contributed by atoms with van der Waals surface area (Å²) < 4.78 is 1.95. The fourth-order valence-corrected chi connectivity index (χ4v) is 2.63. The molecule has 1 atom stereocenters. The van der Waals surface area contributed by atoms with E-state index in [2.05, 4.69) is 28.0 Å². The predicted molar refractivity (Wildman–Crippen MR) is 83.5 cm³/mol. The van der Waals surface area contributed by atoms with Gasteiger partial charge in [-0.15, -0.1) is 0 Å². The van der Waals surface area contributed by atoms with Crippen LogP contribution in [-0.2, 0) is 22.7 Å². The molecule has 23 heavy (non-hydrogen) atoms. The largest absolute Gasteiger partial charge is 0.352 e. The molecule has 3 N–H and O–H groups in total. The Morgan fingerprint density at radius 2 is 2.09 bits per heavy atom. The maximum Gasteiger partial charge on any atom is 0.322 e. The third kappa shape index (κ3) is 4.08. The van der Waals surface area contributed by atoms with Gasteiger partial charge in [0.1, 0.15) is 6.04 Å². The van der Waals surface area contributed by atoms with Gasteiger partial charge >= 0.3 is 6.03 Å². The lowest BCUT2D eigenvalue weighted by atomic mass is 10.1. The number of carbonyl (C=O) groups is 3. The Morgan fingerprint density at radius 1 is 1.35 bits per heavy atom. The minimum atomic E-state index is -0.621. The van der Waals surface area contributed by atoms with Crippen LogP contribution in [0, 0.1) is 13.8 Å². The third-order valence-electron chi connectivity index (χ3n) is 3.95. The van der Waals surface area contributed by atoms with Crippen LogP contribution in [0.5, 0.6) is 0 Å². The lowest BCUT2D eigenvalue weighted by Crippen LogP contribution is -2.31. The standard InChI is InChI=1S/C15H23N5O3/c1-4-7-20-10(3)11(9(2)19-20)8-16-13(21)6-5-12-14(22)18-15(23)17-12/h12H,4-8H2,1-3H3,(H,16,21)(H2,17,18,22,23)/t12-/m1/s1. The van der Waals surface area contributed by atoms with E-state index < -0.39 is 12.1 Å². The highest BCUT2D eigenvalue weighted by atomic mass is 16.2. The zero-order valence-electron chi connectivity index (χ0n) is 13.7. The molecular formula is C15H23N5O3. The van der Waals surface area contributed by atoms with E-state index in [1.165, 1.54) is 0 Å². The topological polar surface area (TPSA) is 105 Å². The van der Waals surface area contributed by atoms with Crippen LogP contribution in [-0.4, -0.2) is 33.7 Å². The molecule has 8 heteroatoms. The van der Waals surface area contributed by atoms with E-state index in [1.54, 1.807) is 0 Å². The number of amides is 4. The number of aryl methyl sites for hydroxylation is 2. The first-order valence-corrected chi connectivity index (χ1v) is 7.83. The van der Waals surface area contributed by atoms with Gasteiger partial charge in [-0.3, -0.25) is 19.6 Å². The number of urea groups is 1. The number of imide groups is 1. The van der Waals surface area contributed by atoms with Crippen LogP contribution in [0.2, 0.25) is 0 Å². The molecule has 1 aliphatic rings. The molecule has 0 spiro atoms. The minimum absolute atomic E-state index is 0.152. The summed E-state index contributed by atoms with van der Waals surface area (Å²) in [6, 6.07) is -1.13. The van der Waals surface area contributed by atoms with Gasteiger partial charge in [-0.25, -0.2) is 4.79 Å². The van der Waals surface area contributed by atoms with Crippen LogP contribution in [0.25, 0.3) is 0 Å². The van der Waals surface area contributed by atoms with Crippen molar-refractivity contribution in [2.45, 2.75) is 59.2 Å². The van der Waals surface area contributed by atoms with E-state index in [1.807, 2.05) is 18.5 Å². The summed E-state index contributed by atoms with van der Waals surface area (Å²) in [4.78, 5) is 34.3. The summed E-state index contributed by atoms with van der Waals surface area (Å²) in [6.45, 7) is 7.30. The Morgan fingerprint density at radius 3 is 2.70 bits per heavy atom. The highest BCUT2D eigenvalue weighted by molar-refractivity contribution is 6.04. The summed E-state index contributed by atoms with van der Waals surface area (Å²) in [5.41, 5.74) is 3.00. The Labute approximate surface area is 135 Å². The van der Waals surface area contributed by atoms with Crippen molar-refractivity contribution in [3.05, 3.63) is 17.0 Å². The Hall–Kier alpha value is -2.38. The van der Waals surface area contributed by atoms with Gasteiger partial charge < -0.3 is 10.6 Å². The van der Waals surface area contributed by atoms with Crippen molar-refractivity contribution in [1.29, 1.82) is 0 Å². The van der Waals surface area contributed by atoms with Crippen molar-refractivity contribution in [2.24, 2.45) is 0 Å². The lowest BCUT2D eigenvalue weighted by molar-refractivity contribution is -0.122. The zero-order valence-corrected chi connectivity index (χ0v) is 13.7. The predicted octanol–water partition coefficient (Wildman–Crippen LogP) is 0.514. The van der Waals surface area contributed by atoms with Crippen LogP contribution in [0.4, 0.5) is 4.79 Å². The number of hydrogen-bond acceptors (Lipinski definition) is 4. The molecule has 0 radical (unpaired) electrons. The third-order valence-corrected chi connectivity index (χ3v) is 3.95. The zero-order chi connectivity index (χ0) is 17.0. The van der Waals surface area contributed by atoms with Crippen molar-refractivity contribution in [3.63, 3.8) is 0 Å². The van der Waals surface area contributed by atoms with Crippen molar-refractivity contribution in [3.8, 4) is 0 Å². The maximum atomic E-state index is 11.9. The van der Waals surface area contributed by atoms with Crippen molar-refractivity contribution < 1.29 is 14.4 Å². The van der Waals surface area contributed by atoms with Gasteiger partial charge in [-0.05, 0) is 26.7 Å². The van der Waals surface area contributed by atoms with Crippen molar-refractivity contribution in [1.82, 2.24) is 25.7 Å². The van der Waals surface area contributed by atoms with E-state index in [4.69, 9.17) is 0 Å².